The van der Waals surface area contributed by atoms with Crippen molar-refractivity contribution in [3.05, 3.63) is 35.4 Å². The predicted molar refractivity (Wildman–Crippen MR) is 133 cm³/mol. The van der Waals surface area contributed by atoms with Gasteiger partial charge >= 0.3 is 6.09 Å². The average molecular weight is 478 g/mol. The third kappa shape index (κ3) is 10.1. The summed E-state index contributed by atoms with van der Waals surface area (Å²) in [5.41, 5.74) is 0.947. The van der Waals surface area contributed by atoms with E-state index in [1.54, 1.807) is 20.8 Å². The largest absolute Gasteiger partial charge is 0.444 e. The van der Waals surface area contributed by atoms with Gasteiger partial charge in [-0.05, 0) is 53.5 Å². The minimum Gasteiger partial charge on any atom is -0.444 e. The third-order valence-corrected chi connectivity index (χ3v) is 5.09. The number of benzene rings is 1. The van der Waals surface area contributed by atoms with Crippen LogP contribution in [0.25, 0.3) is 0 Å². The Morgan fingerprint density at radius 3 is 2.15 bits per heavy atom. The molecule has 8 heteroatoms. The molecule has 0 spiro atoms. The molecule has 0 aliphatic heterocycles. The van der Waals surface area contributed by atoms with Crippen LogP contribution < -0.4 is 10.6 Å². The first kappa shape index (κ1) is 29.4. The highest BCUT2D eigenvalue weighted by Gasteiger charge is 2.36. The van der Waals surface area contributed by atoms with Crippen LogP contribution in [-0.4, -0.2) is 58.8 Å². The first-order valence-electron chi connectivity index (χ1n) is 12.2. The van der Waals surface area contributed by atoms with E-state index < -0.39 is 36.3 Å². The lowest BCUT2D eigenvalue weighted by Crippen LogP contribution is -2.55. The molecule has 0 aliphatic rings. The van der Waals surface area contributed by atoms with Gasteiger partial charge in [0.25, 0.3) is 0 Å². The number of carbonyl (C=O) groups excluding carboxylic acids is 3. The molecule has 0 saturated heterocycles. The zero-order valence-corrected chi connectivity index (χ0v) is 21.8. The molecule has 3 amide bonds. The smallest absolute Gasteiger partial charge is 0.408 e. The van der Waals surface area contributed by atoms with Gasteiger partial charge in [0.2, 0.25) is 11.8 Å². The van der Waals surface area contributed by atoms with Crippen molar-refractivity contribution in [2.45, 2.75) is 97.9 Å². The molecular formula is C26H43N3O5. The quantitative estimate of drug-likeness (QED) is 0.396. The highest BCUT2D eigenvalue weighted by molar-refractivity contribution is 5.92. The lowest BCUT2D eigenvalue weighted by molar-refractivity contribution is -0.143. The molecule has 0 bridgehead atoms. The van der Waals surface area contributed by atoms with Crippen molar-refractivity contribution in [2.24, 2.45) is 0 Å². The fourth-order valence-corrected chi connectivity index (χ4v) is 3.50. The molecule has 0 saturated carbocycles. The number of alkyl carbamates (subject to hydrolysis) is 1. The van der Waals surface area contributed by atoms with E-state index in [1.807, 2.05) is 45.0 Å². The zero-order valence-electron chi connectivity index (χ0n) is 21.8. The third-order valence-electron chi connectivity index (χ3n) is 5.09. The zero-order chi connectivity index (χ0) is 25.9. The van der Waals surface area contributed by atoms with E-state index in [0.717, 1.165) is 24.8 Å². The van der Waals surface area contributed by atoms with E-state index in [2.05, 4.69) is 17.6 Å². The van der Waals surface area contributed by atoms with Gasteiger partial charge in [-0.15, -0.1) is 0 Å². The Balaban J connectivity index is 3.33. The van der Waals surface area contributed by atoms with Crippen molar-refractivity contribution >= 4 is 17.9 Å². The van der Waals surface area contributed by atoms with E-state index in [9.17, 15) is 19.5 Å². The Hall–Kier alpha value is -2.61. The first-order chi connectivity index (χ1) is 15.9. The number of hydrogen-bond acceptors (Lipinski definition) is 5. The summed E-state index contributed by atoms with van der Waals surface area (Å²) < 4.78 is 5.26. The first-order valence-corrected chi connectivity index (χ1v) is 12.2. The van der Waals surface area contributed by atoms with Gasteiger partial charge in [0.1, 0.15) is 17.7 Å². The fraction of sp³-hybridized carbons (Fsp3) is 0.654. The van der Waals surface area contributed by atoms with Crippen molar-refractivity contribution in [1.82, 2.24) is 15.5 Å². The summed E-state index contributed by atoms with van der Waals surface area (Å²) in [5.74, 6) is -0.842. The van der Waals surface area contributed by atoms with E-state index in [-0.39, 0.29) is 11.9 Å². The number of carbonyl (C=O) groups is 3. The molecule has 2 atom stereocenters. The summed E-state index contributed by atoms with van der Waals surface area (Å²) in [6.45, 7) is 12.6. The highest BCUT2D eigenvalue weighted by atomic mass is 16.6. The van der Waals surface area contributed by atoms with Gasteiger partial charge in [-0.3, -0.25) is 9.59 Å². The number of ether oxygens (including phenoxy) is 1. The number of unbranched alkanes of at least 4 members (excludes halogenated alkanes) is 3. The van der Waals surface area contributed by atoms with Crippen LogP contribution in [0, 0.1) is 6.92 Å². The summed E-state index contributed by atoms with van der Waals surface area (Å²) in [6, 6.07) is 5.21. The van der Waals surface area contributed by atoms with Crippen LogP contribution in [0.4, 0.5) is 4.79 Å². The fourth-order valence-electron chi connectivity index (χ4n) is 3.50. The molecule has 8 nitrogen and oxygen atoms in total. The number of amides is 3. The molecule has 0 fully saturated rings. The molecule has 0 radical (unpaired) electrons. The van der Waals surface area contributed by atoms with Crippen LogP contribution in [0.3, 0.4) is 0 Å². The molecule has 1 aromatic carbocycles. The molecule has 1 rings (SSSR count). The van der Waals surface area contributed by atoms with Gasteiger partial charge in [0.05, 0.1) is 6.61 Å². The van der Waals surface area contributed by atoms with Crippen molar-refractivity contribution in [3.8, 4) is 0 Å². The van der Waals surface area contributed by atoms with E-state index in [1.165, 1.54) is 4.90 Å². The molecule has 0 heterocycles. The summed E-state index contributed by atoms with van der Waals surface area (Å²) in [4.78, 5) is 40.7. The minimum atomic E-state index is -1.24. The summed E-state index contributed by atoms with van der Waals surface area (Å²) >= 11 is 0. The van der Waals surface area contributed by atoms with Crippen molar-refractivity contribution in [2.75, 3.05) is 13.2 Å². The van der Waals surface area contributed by atoms with E-state index in [4.69, 9.17) is 4.74 Å². The van der Waals surface area contributed by atoms with Crippen molar-refractivity contribution in [3.63, 3.8) is 0 Å². The maximum atomic E-state index is 13.6. The normalized spacial score (nSPS) is 13.2. The Labute approximate surface area is 204 Å². The van der Waals surface area contributed by atoms with Gasteiger partial charge in [-0.25, -0.2) is 4.79 Å². The van der Waals surface area contributed by atoms with Gasteiger partial charge in [0, 0.05) is 12.6 Å². The van der Waals surface area contributed by atoms with Crippen LogP contribution in [0.5, 0.6) is 0 Å². The highest BCUT2D eigenvalue weighted by Crippen LogP contribution is 2.24. The van der Waals surface area contributed by atoms with E-state index in [0.29, 0.717) is 18.5 Å². The van der Waals surface area contributed by atoms with Crippen LogP contribution in [0.2, 0.25) is 0 Å². The van der Waals surface area contributed by atoms with Crippen molar-refractivity contribution < 1.29 is 24.2 Å². The Bertz CT molecular complexity index is 787. The number of rotatable bonds is 12. The van der Waals surface area contributed by atoms with Crippen LogP contribution in [-0.2, 0) is 14.3 Å². The summed E-state index contributed by atoms with van der Waals surface area (Å²) in [6.07, 6.45) is 2.83. The van der Waals surface area contributed by atoms with E-state index >= 15 is 0 Å². The lowest BCUT2D eigenvalue weighted by atomic mass is 10.0. The maximum Gasteiger partial charge on any atom is 0.408 e. The Kier molecular flexibility index (Phi) is 12.1. The molecule has 192 valence electrons. The number of nitrogens with zero attached hydrogens (tertiary/aromatic N) is 1. The standard InChI is InChI=1S/C26H43N3O5/c1-8-9-10-11-16-29(24(32)21(17-30)28-25(33)34-26(5,6)7)22(23(31)27-18(2)3)20-14-12-19(4)13-15-20/h12-15,18,21-22,30H,8-11,16-17H2,1-7H3,(H,27,31)(H,28,33). The number of aryl methyl sites for hydroxylation is 1. The van der Waals surface area contributed by atoms with Gasteiger partial charge in [-0.2, -0.15) is 0 Å². The number of aliphatic hydroxyl groups excluding tert-OH is 1. The van der Waals surface area contributed by atoms with Gasteiger partial charge in [0.15, 0.2) is 0 Å². The second-order valence-electron chi connectivity index (χ2n) is 9.95. The SMILES string of the molecule is CCCCCCN(C(=O)C(CO)NC(=O)OC(C)(C)C)C(C(=O)NC(C)C)c1ccc(C)cc1. The topological polar surface area (TPSA) is 108 Å². The molecular weight excluding hydrogens is 434 g/mol. The maximum absolute atomic E-state index is 13.6. The molecule has 3 N–H and O–H groups in total. The van der Waals surface area contributed by atoms with Gasteiger partial charge in [-0.1, -0.05) is 56.0 Å². The minimum absolute atomic E-state index is 0.119. The lowest BCUT2D eigenvalue weighted by Gasteiger charge is -2.34. The van der Waals surface area contributed by atoms with Gasteiger partial charge < -0.3 is 25.4 Å². The monoisotopic (exact) mass is 477 g/mol. The van der Waals surface area contributed by atoms with Crippen LogP contribution in [0.1, 0.15) is 84.4 Å². The van der Waals surface area contributed by atoms with Crippen LogP contribution >= 0.6 is 0 Å². The second-order valence-corrected chi connectivity index (χ2v) is 9.95. The molecule has 0 aliphatic carbocycles. The molecule has 1 aromatic rings. The average Bonchev–Trinajstić information content (AvgIpc) is 2.73. The Morgan fingerprint density at radius 1 is 1.03 bits per heavy atom. The second kappa shape index (κ2) is 13.9. The Morgan fingerprint density at radius 2 is 1.65 bits per heavy atom. The summed E-state index contributed by atoms with van der Waals surface area (Å²) in [7, 11) is 0. The number of nitrogens with one attached hydrogen (secondary N) is 2. The van der Waals surface area contributed by atoms with Crippen LogP contribution in [0.15, 0.2) is 24.3 Å². The summed E-state index contributed by atoms with van der Waals surface area (Å²) in [5, 5.41) is 15.3. The molecule has 2 unspecified atom stereocenters. The molecule has 34 heavy (non-hydrogen) atoms. The number of hydrogen-bond donors (Lipinski definition) is 3. The number of aliphatic hydroxyl groups is 1. The predicted octanol–water partition coefficient (Wildman–Crippen LogP) is 3.86. The molecule has 0 aromatic heterocycles. The van der Waals surface area contributed by atoms with Crippen molar-refractivity contribution in [1.29, 1.82) is 0 Å².